The summed E-state index contributed by atoms with van der Waals surface area (Å²) in [7, 11) is 0. The molecule has 0 saturated heterocycles. The SMILES string of the molecule is C1=CCC2CC[CH]([Zr+2][CH]3CCC4CC=CC=C43)C2=C1.C=C.[Cl-].[Cl-]. The van der Waals surface area contributed by atoms with Crippen molar-refractivity contribution in [2.24, 2.45) is 11.8 Å². The largest absolute Gasteiger partial charge is 1.00 e. The van der Waals surface area contributed by atoms with Gasteiger partial charge in [-0.3, -0.25) is 0 Å². The topological polar surface area (TPSA) is 0 Å². The maximum atomic E-state index is 3.00. The molecule has 4 aliphatic rings. The van der Waals surface area contributed by atoms with Crippen LogP contribution >= 0.6 is 0 Å². The van der Waals surface area contributed by atoms with E-state index in [1.54, 1.807) is 0 Å². The van der Waals surface area contributed by atoms with Crippen LogP contribution in [-0.2, 0) is 23.2 Å². The minimum atomic E-state index is -0.287. The Morgan fingerprint density at radius 3 is 1.61 bits per heavy atom. The summed E-state index contributed by atoms with van der Waals surface area (Å²) in [5.74, 6) is 1.88. The third-order valence-electron chi connectivity index (χ3n) is 5.45. The van der Waals surface area contributed by atoms with E-state index in [2.05, 4.69) is 49.6 Å². The molecule has 0 aromatic heterocycles. The van der Waals surface area contributed by atoms with Gasteiger partial charge < -0.3 is 24.8 Å². The maximum absolute atomic E-state index is 3.00. The number of allylic oxidation sites excluding steroid dienone is 8. The van der Waals surface area contributed by atoms with E-state index in [9.17, 15) is 0 Å². The van der Waals surface area contributed by atoms with E-state index in [1.807, 2.05) is 11.1 Å². The fourth-order valence-electron chi connectivity index (χ4n) is 4.43. The van der Waals surface area contributed by atoms with Gasteiger partial charge in [-0.15, -0.1) is 13.2 Å². The Bertz CT molecular complexity index is 460. The average Bonchev–Trinajstić information content (AvgIpc) is 3.15. The van der Waals surface area contributed by atoms with E-state index in [1.165, 1.54) is 38.5 Å². The zero-order valence-corrected chi connectivity index (χ0v) is 17.7. The molecule has 2 saturated carbocycles. The molecule has 0 heterocycles. The van der Waals surface area contributed by atoms with Crippen LogP contribution in [0.2, 0.25) is 7.25 Å². The Kier molecular flexibility index (Phi) is 9.42. The summed E-state index contributed by atoms with van der Waals surface area (Å²) in [6.45, 7) is 6.00. The minimum Gasteiger partial charge on any atom is -1.00 e. The normalized spacial score (nSPS) is 32.7. The Hall–Kier alpha value is 0.163. The van der Waals surface area contributed by atoms with Crippen molar-refractivity contribution in [3.63, 3.8) is 0 Å². The zero-order valence-electron chi connectivity index (χ0n) is 13.7. The van der Waals surface area contributed by atoms with Gasteiger partial charge in [0.1, 0.15) is 0 Å². The molecular weight excluding hydrogens is 402 g/mol. The first kappa shape index (κ1) is 21.2. The molecule has 4 atom stereocenters. The number of hydrogen-bond acceptors (Lipinski definition) is 0. The molecule has 0 aliphatic heterocycles. The van der Waals surface area contributed by atoms with Gasteiger partial charge in [-0.05, 0) is 0 Å². The molecule has 0 N–H and O–H groups in total. The summed E-state index contributed by atoms with van der Waals surface area (Å²) in [4.78, 5) is 0. The van der Waals surface area contributed by atoms with E-state index >= 15 is 0 Å². The summed E-state index contributed by atoms with van der Waals surface area (Å²) in [5, 5.41) is 0. The van der Waals surface area contributed by atoms with Crippen molar-refractivity contribution in [1.29, 1.82) is 0 Å². The molecule has 0 spiro atoms. The first-order chi connectivity index (χ1) is 10.4. The number of fused-ring (bicyclic) bond motifs is 2. The van der Waals surface area contributed by atoms with Crippen LogP contribution in [0, 0.1) is 11.8 Å². The maximum Gasteiger partial charge on any atom is -0.106 e. The molecule has 0 amide bonds. The standard InChI is InChI=1S/2C9H11.C2H4.2ClH.Zr/c2*1-2-5-9-7-3-6-8(9)4-1;1-2;;;/h2*1-2,4,6,9H,3,5,7H2;1-2H2;2*1H;/q;;;;;+2/p-2. The van der Waals surface area contributed by atoms with E-state index in [0.29, 0.717) is 0 Å². The van der Waals surface area contributed by atoms with E-state index < -0.39 is 0 Å². The molecular formula is C20H26Cl2Zr. The quantitative estimate of drug-likeness (QED) is 0.546. The van der Waals surface area contributed by atoms with Crippen LogP contribution in [0.1, 0.15) is 38.5 Å². The summed E-state index contributed by atoms with van der Waals surface area (Å²) < 4.78 is 2.13. The van der Waals surface area contributed by atoms with Gasteiger partial charge in [0.25, 0.3) is 0 Å². The molecule has 4 aliphatic carbocycles. The van der Waals surface area contributed by atoms with Gasteiger partial charge in [0.2, 0.25) is 0 Å². The monoisotopic (exact) mass is 426 g/mol. The average molecular weight is 429 g/mol. The fourth-order valence-corrected chi connectivity index (χ4v) is 9.84. The van der Waals surface area contributed by atoms with Gasteiger partial charge in [-0.25, -0.2) is 0 Å². The summed E-state index contributed by atoms with van der Waals surface area (Å²) >= 11 is -0.287. The summed E-state index contributed by atoms with van der Waals surface area (Å²) in [5.41, 5.74) is 3.73. The van der Waals surface area contributed by atoms with E-state index in [0.717, 1.165) is 19.1 Å². The molecule has 0 aromatic rings. The second-order valence-electron chi connectivity index (χ2n) is 6.48. The zero-order chi connectivity index (χ0) is 14.7. The van der Waals surface area contributed by atoms with Crippen molar-refractivity contribution in [2.75, 3.05) is 0 Å². The van der Waals surface area contributed by atoms with Crippen LogP contribution in [0.3, 0.4) is 0 Å². The van der Waals surface area contributed by atoms with Crippen LogP contribution in [0.15, 0.2) is 60.8 Å². The third-order valence-corrected chi connectivity index (χ3v) is 10.5. The fraction of sp³-hybridized carbons (Fsp3) is 0.500. The molecule has 0 nitrogen and oxygen atoms in total. The number of hydrogen-bond donors (Lipinski definition) is 0. The van der Waals surface area contributed by atoms with Crippen LogP contribution in [-0.4, -0.2) is 0 Å². The van der Waals surface area contributed by atoms with E-state index in [-0.39, 0.29) is 48.0 Å². The molecule has 3 heteroatoms. The smallest absolute Gasteiger partial charge is 0.106 e. The van der Waals surface area contributed by atoms with Crippen molar-refractivity contribution in [3.8, 4) is 0 Å². The second-order valence-corrected chi connectivity index (χ2v) is 10.7. The van der Waals surface area contributed by atoms with Gasteiger partial charge in [0, 0.05) is 0 Å². The van der Waals surface area contributed by atoms with Gasteiger partial charge in [0.15, 0.2) is 0 Å². The molecule has 0 bridgehead atoms. The van der Waals surface area contributed by atoms with Crippen molar-refractivity contribution < 1.29 is 48.0 Å². The van der Waals surface area contributed by atoms with Crippen molar-refractivity contribution in [2.45, 2.75) is 45.8 Å². The molecule has 4 unspecified atom stereocenters. The minimum absolute atomic E-state index is 0. The Morgan fingerprint density at radius 2 is 1.17 bits per heavy atom. The van der Waals surface area contributed by atoms with Crippen molar-refractivity contribution >= 4 is 0 Å². The van der Waals surface area contributed by atoms with Gasteiger partial charge in [-0.2, -0.15) is 0 Å². The summed E-state index contributed by atoms with van der Waals surface area (Å²) in [6, 6.07) is 0. The Balaban J connectivity index is 0.000000638. The van der Waals surface area contributed by atoms with Crippen LogP contribution in [0.4, 0.5) is 0 Å². The van der Waals surface area contributed by atoms with Gasteiger partial charge in [-0.1, -0.05) is 0 Å². The molecule has 4 rings (SSSR count). The molecule has 0 aromatic carbocycles. The number of rotatable bonds is 2. The molecule has 2 fully saturated rings. The predicted octanol–water partition coefficient (Wildman–Crippen LogP) is 0.0487. The molecule has 0 radical (unpaired) electrons. The van der Waals surface area contributed by atoms with Crippen LogP contribution in [0.25, 0.3) is 0 Å². The third kappa shape index (κ3) is 4.62. The van der Waals surface area contributed by atoms with Crippen molar-refractivity contribution in [1.82, 2.24) is 0 Å². The number of halogens is 2. The first-order valence-electron chi connectivity index (χ1n) is 8.41. The molecule has 23 heavy (non-hydrogen) atoms. The van der Waals surface area contributed by atoms with Gasteiger partial charge >= 0.3 is 128 Å². The molecule has 124 valence electrons. The summed E-state index contributed by atoms with van der Waals surface area (Å²) in [6.07, 6.45) is 23.0. The Labute approximate surface area is 165 Å². The predicted molar refractivity (Wildman–Crippen MR) is 87.9 cm³/mol. The van der Waals surface area contributed by atoms with E-state index in [4.69, 9.17) is 0 Å². The van der Waals surface area contributed by atoms with Crippen LogP contribution < -0.4 is 24.8 Å². The first-order valence-corrected chi connectivity index (χ1v) is 11.2. The Morgan fingerprint density at radius 1 is 0.739 bits per heavy atom. The van der Waals surface area contributed by atoms with Gasteiger partial charge in [0.05, 0.1) is 0 Å². The van der Waals surface area contributed by atoms with Crippen LogP contribution in [0.5, 0.6) is 0 Å². The second kappa shape index (κ2) is 10.2. The van der Waals surface area contributed by atoms with Crippen molar-refractivity contribution in [3.05, 3.63) is 60.8 Å².